The van der Waals surface area contributed by atoms with Crippen LogP contribution in [-0.2, 0) is 9.53 Å². The molecule has 0 bridgehead atoms. The fourth-order valence-electron chi connectivity index (χ4n) is 1.87. The van der Waals surface area contributed by atoms with E-state index in [0.29, 0.717) is 16.2 Å². The number of nitrogens with zero attached hydrogens (tertiary/aromatic N) is 4. The summed E-state index contributed by atoms with van der Waals surface area (Å²) in [6.45, 7) is 1.83. The molecule has 0 saturated carbocycles. The molecule has 0 aliphatic carbocycles. The highest BCUT2D eigenvalue weighted by atomic mass is 32.2. The minimum Gasteiger partial charge on any atom is -0.469 e. The smallest absolute Gasteiger partial charge is 0.309 e. The Hall–Kier alpha value is -1.39. The molecule has 2 heterocycles. The van der Waals surface area contributed by atoms with Gasteiger partial charge in [0.25, 0.3) is 0 Å². The maximum Gasteiger partial charge on any atom is 0.309 e. The average Bonchev–Trinajstić information content (AvgIpc) is 2.76. The van der Waals surface area contributed by atoms with E-state index < -0.39 is 5.66 Å². The lowest BCUT2D eigenvalue weighted by Gasteiger charge is -2.32. The first-order valence-electron chi connectivity index (χ1n) is 5.80. The highest BCUT2D eigenvalue weighted by Gasteiger charge is 2.35. The minimum absolute atomic E-state index is 0.109. The third kappa shape index (κ3) is 2.86. The van der Waals surface area contributed by atoms with Crippen molar-refractivity contribution in [2.75, 3.05) is 25.7 Å². The molecule has 8 nitrogen and oxygen atoms in total. The zero-order valence-electron chi connectivity index (χ0n) is 11.6. The normalized spacial score (nSPS) is 22.0. The van der Waals surface area contributed by atoms with Gasteiger partial charge >= 0.3 is 5.97 Å². The summed E-state index contributed by atoms with van der Waals surface area (Å²) in [6.07, 6.45) is 1.99. The number of hydrogen-bond donors (Lipinski definition) is 2. The van der Waals surface area contributed by atoms with Gasteiger partial charge in [0.2, 0.25) is 16.2 Å². The van der Waals surface area contributed by atoms with Gasteiger partial charge in [0.05, 0.1) is 13.5 Å². The molecule has 1 atom stereocenters. The Morgan fingerprint density at radius 2 is 2.30 bits per heavy atom. The Balaban J connectivity index is 2.36. The molecular weight excluding hydrogens is 300 g/mol. The summed E-state index contributed by atoms with van der Waals surface area (Å²) >= 11 is 6.75. The summed E-state index contributed by atoms with van der Waals surface area (Å²) in [5.74, 6) is 0.146. The number of aromatic nitrogens is 3. The Kier molecular flexibility index (Phi) is 4.16. The van der Waals surface area contributed by atoms with Crippen LogP contribution in [0, 0.1) is 0 Å². The maximum atomic E-state index is 11.6. The van der Waals surface area contributed by atoms with Crippen LogP contribution in [0.3, 0.4) is 0 Å². The van der Waals surface area contributed by atoms with Gasteiger partial charge < -0.3 is 10.1 Å². The van der Waals surface area contributed by atoms with Crippen LogP contribution in [0.25, 0.3) is 0 Å². The number of anilines is 1. The van der Waals surface area contributed by atoms with E-state index in [1.807, 2.05) is 13.2 Å². The van der Waals surface area contributed by atoms with Crippen LogP contribution >= 0.6 is 24.0 Å². The molecule has 0 saturated heterocycles. The van der Waals surface area contributed by atoms with Crippen molar-refractivity contribution in [3.63, 3.8) is 0 Å². The first kappa shape index (κ1) is 15.0. The molecule has 10 heteroatoms. The zero-order valence-corrected chi connectivity index (χ0v) is 13.3. The topological polar surface area (TPSA) is 84.3 Å². The molecule has 1 aromatic rings. The van der Waals surface area contributed by atoms with Crippen LogP contribution in [0.5, 0.6) is 0 Å². The highest BCUT2D eigenvalue weighted by molar-refractivity contribution is 7.98. The van der Waals surface area contributed by atoms with E-state index in [2.05, 4.69) is 20.8 Å². The number of thioether (sulfide) groups is 1. The molecule has 0 spiro atoms. The molecule has 0 amide bonds. The lowest BCUT2D eigenvalue weighted by Crippen LogP contribution is -2.56. The van der Waals surface area contributed by atoms with E-state index in [-0.39, 0.29) is 12.4 Å². The SMILES string of the molecule is COC(=O)CC1(C)Nc2nc(SC)nn2C(=S)N(C)N1. The van der Waals surface area contributed by atoms with Crippen LogP contribution < -0.4 is 10.7 Å². The predicted octanol–water partition coefficient (Wildman–Crippen LogP) is 0.274. The molecule has 0 aromatic carbocycles. The molecule has 1 aliphatic rings. The number of methoxy groups -OCH3 is 1. The lowest BCUT2D eigenvalue weighted by molar-refractivity contribution is -0.142. The van der Waals surface area contributed by atoms with E-state index in [1.54, 1.807) is 12.1 Å². The van der Waals surface area contributed by atoms with E-state index >= 15 is 0 Å². The number of ether oxygens (including phenoxy) is 1. The van der Waals surface area contributed by atoms with Gasteiger partial charge in [-0.25, -0.2) is 5.43 Å². The van der Waals surface area contributed by atoms with Crippen molar-refractivity contribution in [1.82, 2.24) is 25.2 Å². The number of rotatable bonds is 3. The third-order valence-corrected chi connectivity index (χ3v) is 3.75. The fourth-order valence-corrected chi connectivity index (χ4v) is 2.39. The molecule has 1 aliphatic heterocycles. The molecule has 2 N–H and O–H groups in total. The first-order valence-corrected chi connectivity index (χ1v) is 7.44. The Bertz CT molecular complexity index is 548. The number of fused-ring (bicyclic) bond motifs is 1. The Labute approximate surface area is 126 Å². The summed E-state index contributed by atoms with van der Waals surface area (Å²) < 4.78 is 6.24. The Morgan fingerprint density at radius 1 is 1.60 bits per heavy atom. The van der Waals surface area contributed by atoms with E-state index in [4.69, 9.17) is 17.0 Å². The minimum atomic E-state index is -0.775. The third-order valence-electron chi connectivity index (χ3n) is 2.77. The monoisotopic (exact) mass is 316 g/mol. The predicted molar refractivity (Wildman–Crippen MR) is 79.4 cm³/mol. The van der Waals surface area contributed by atoms with E-state index in [9.17, 15) is 4.79 Å². The number of hydrogen-bond acceptors (Lipinski definition) is 8. The van der Waals surface area contributed by atoms with Crippen molar-refractivity contribution in [3.05, 3.63) is 0 Å². The van der Waals surface area contributed by atoms with Crippen molar-refractivity contribution in [2.45, 2.75) is 24.2 Å². The van der Waals surface area contributed by atoms with Gasteiger partial charge in [0.1, 0.15) is 5.66 Å². The van der Waals surface area contributed by atoms with Gasteiger partial charge in [-0.3, -0.25) is 9.80 Å². The van der Waals surface area contributed by atoms with Crippen molar-refractivity contribution < 1.29 is 9.53 Å². The van der Waals surface area contributed by atoms with Crippen LogP contribution in [-0.4, -0.2) is 56.9 Å². The number of hydrazine groups is 1. The number of carbonyl (C=O) groups excluding carboxylic acids is 1. The van der Waals surface area contributed by atoms with Crippen molar-refractivity contribution in [3.8, 4) is 0 Å². The van der Waals surface area contributed by atoms with Gasteiger partial charge in [-0.1, -0.05) is 11.8 Å². The van der Waals surface area contributed by atoms with Gasteiger partial charge in [0.15, 0.2) is 0 Å². The van der Waals surface area contributed by atoms with Crippen molar-refractivity contribution in [2.24, 2.45) is 0 Å². The first-order chi connectivity index (χ1) is 9.38. The van der Waals surface area contributed by atoms with Crippen LogP contribution in [0.15, 0.2) is 5.16 Å². The second-order valence-corrected chi connectivity index (χ2v) is 5.64. The lowest BCUT2D eigenvalue weighted by atomic mass is 10.1. The molecule has 0 fully saturated rings. The van der Waals surface area contributed by atoms with Crippen LogP contribution in [0.2, 0.25) is 0 Å². The summed E-state index contributed by atoms with van der Waals surface area (Å²) in [5, 5.41) is 10.1. The van der Waals surface area contributed by atoms with E-state index in [1.165, 1.54) is 23.6 Å². The number of carbonyl (C=O) groups is 1. The molecule has 0 radical (unpaired) electrons. The number of nitrogens with one attached hydrogen (secondary N) is 2. The molecular formula is C10H16N6O2S2. The molecule has 2 rings (SSSR count). The molecule has 110 valence electrons. The fraction of sp³-hybridized carbons (Fsp3) is 0.600. The average molecular weight is 316 g/mol. The maximum absolute atomic E-state index is 11.6. The van der Waals surface area contributed by atoms with Crippen molar-refractivity contribution in [1.29, 1.82) is 0 Å². The molecule has 20 heavy (non-hydrogen) atoms. The van der Waals surface area contributed by atoms with Crippen LogP contribution in [0.1, 0.15) is 13.3 Å². The molecule has 1 unspecified atom stereocenters. The molecule has 1 aromatic heterocycles. The standard InChI is InChI=1S/C10H16N6O2S2/c1-10(5-6(17)18-3)12-7-11-8(20-4)13-16(7)9(19)15(2)14-10/h14H,5H2,1-4H3,(H,11,12,13). The number of esters is 1. The summed E-state index contributed by atoms with van der Waals surface area (Å²) in [4.78, 5) is 15.9. The summed E-state index contributed by atoms with van der Waals surface area (Å²) in [5.41, 5.74) is 2.34. The summed E-state index contributed by atoms with van der Waals surface area (Å²) in [6, 6.07) is 0. The zero-order chi connectivity index (χ0) is 14.9. The largest absolute Gasteiger partial charge is 0.469 e. The van der Waals surface area contributed by atoms with Crippen molar-refractivity contribution >= 4 is 41.0 Å². The second-order valence-electron chi connectivity index (χ2n) is 4.50. The van der Waals surface area contributed by atoms with Gasteiger partial charge in [-0.15, -0.1) is 5.10 Å². The van der Waals surface area contributed by atoms with E-state index in [0.717, 1.165) is 0 Å². The summed E-state index contributed by atoms with van der Waals surface area (Å²) in [7, 11) is 3.11. The number of thiocarbonyl (C=S) groups is 1. The quantitative estimate of drug-likeness (QED) is 0.464. The second kappa shape index (κ2) is 5.54. The van der Waals surface area contributed by atoms with Gasteiger partial charge in [-0.2, -0.15) is 9.67 Å². The Morgan fingerprint density at radius 3 is 2.90 bits per heavy atom. The van der Waals surface area contributed by atoms with Gasteiger partial charge in [0, 0.05) is 7.05 Å². The van der Waals surface area contributed by atoms with Gasteiger partial charge in [-0.05, 0) is 25.4 Å². The highest BCUT2D eigenvalue weighted by Crippen LogP contribution is 2.22. The van der Waals surface area contributed by atoms with Crippen LogP contribution in [0.4, 0.5) is 5.95 Å².